The number of fused-ring (bicyclic) bond motifs is 5. The zero-order valence-corrected chi connectivity index (χ0v) is 17.2. The van der Waals surface area contributed by atoms with E-state index in [2.05, 4.69) is 53.6 Å². The van der Waals surface area contributed by atoms with Crippen LogP contribution in [-0.2, 0) is 12.8 Å². The van der Waals surface area contributed by atoms with Crippen molar-refractivity contribution in [2.24, 2.45) is 5.92 Å². The number of aryl methyl sites for hydroxylation is 1. The van der Waals surface area contributed by atoms with Crippen LogP contribution in [0.2, 0.25) is 0 Å². The Morgan fingerprint density at radius 3 is 2.58 bits per heavy atom. The highest BCUT2D eigenvalue weighted by atomic mass is 16.1. The van der Waals surface area contributed by atoms with Crippen LogP contribution in [0.15, 0.2) is 79.0 Å². The maximum atomic E-state index is 13.5. The number of hydrogen-bond donors (Lipinski definition) is 0. The van der Waals surface area contributed by atoms with Gasteiger partial charge in [-0.05, 0) is 70.2 Å². The smallest absolute Gasteiger partial charge is 0.188 e. The molecule has 0 spiro atoms. The molecule has 2 aliphatic carbocycles. The minimum atomic E-state index is -0.135. The average molecular weight is 402 g/mol. The van der Waals surface area contributed by atoms with Gasteiger partial charge >= 0.3 is 0 Å². The van der Waals surface area contributed by atoms with Crippen LogP contribution >= 0.6 is 0 Å². The van der Waals surface area contributed by atoms with Gasteiger partial charge < -0.3 is 0 Å². The maximum Gasteiger partial charge on any atom is 0.188 e. The predicted octanol–water partition coefficient (Wildman–Crippen LogP) is 4.10. The van der Waals surface area contributed by atoms with Crippen molar-refractivity contribution in [3.8, 4) is 16.8 Å². The average Bonchev–Trinajstić information content (AvgIpc) is 3.33. The molecular weight excluding hydrogens is 380 g/mol. The topological polar surface area (TPSA) is 34.9 Å². The van der Waals surface area contributed by atoms with Crippen LogP contribution in [0.5, 0.6) is 0 Å². The third-order valence-electron chi connectivity index (χ3n) is 6.54. The summed E-state index contributed by atoms with van der Waals surface area (Å²) >= 11 is 0. The molecule has 0 amide bonds. The molecule has 1 atom stereocenters. The summed E-state index contributed by atoms with van der Waals surface area (Å²) in [4.78, 5) is 13.5. The number of rotatable bonds is 3. The van der Waals surface area contributed by atoms with E-state index in [9.17, 15) is 4.79 Å². The van der Waals surface area contributed by atoms with Crippen LogP contribution in [0.1, 0.15) is 28.0 Å². The van der Waals surface area contributed by atoms with Crippen LogP contribution in [0.4, 0.5) is 0 Å². The van der Waals surface area contributed by atoms with E-state index in [0.717, 1.165) is 24.9 Å². The number of nitrogens with zero attached hydrogens (tertiary/aromatic N) is 2. The lowest BCUT2D eigenvalue weighted by molar-refractivity contribution is 0.0939. The third-order valence-corrected chi connectivity index (χ3v) is 6.54. The van der Waals surface area contributed by atoms with E-state index in [-0.39, 0.29) is 11.7 Å². The Hall–Kier alpha value is -3.72. The van der Waals surface area contributed by atoms with Crippen LogP contribution in [0.3, 0.4) is 0 Å². The fraction of sp³-hybridized carbons (Fsp3) is 0.143. The Bertz CT molecular complexity index is 1430. The van der Waals surface area contributed by atoms with Gasteiger partial charge in [0, 0.05) is 5.92 Å². The molecule has 31 heavy (non-hydrogen) atoms. The molecule has 1 aromatic heterocycles. The normalized spacial score (nSPS) is 16.3. The Labute approximate surface area is 181 Å². The monoisotopic (exact) mass is 402 g/mol. The highest BCUT2D eigenvalue weighted by Gasteiger charge is 2.25. The Morgan fingerprint density at radius 1 is 0.839 bits per heavy atom. The number of aromatic nitrogens is 2. The summed E-state index contributed by atoms with van der Waals surface area (Å²) in [6, 6.07) is 24.8. The number of benzene rings is 3. The molecule has 0 radical (unpaired) electrons. The molecule has 1 heterocycles. The molecule has 4 aromatic rings. The van der Waals surface area contributed by atoms with E-state index in [1.165, 1.54) is 32.7 Å². The Balaban J connectivity index is 1.44. The van der Waals surface area contributed by atoms with Gasteiger partial charge in [0.1, 0.15) is 5.69 Å². The van der Waals surface area contributed by atoms with Crippen LogP contribution < -0.4 is 10.4 Å². The molecule has 3 nitrogen and oxygen atoms in total. The zero-order chi connectivity index (χ0) is 20.8. The summed E-state index contributed by atoms with van der Waals surface area (Å²) in [5.74, 6) is 0.00421. The van der Waals surface area contributed by atoms with Gasteiger partial charge in [-0.25, -0.2) is 4.68 Å². The molecule has 0 fully saturated rings. The Kier molecular flexibility index (Phi) is 4.20. The Morgan fingerprint density at radius 2 is 1.68 bits per heavy atom. The molecule has 0 saturated carbocycles. The second-order valence-corrected chi connectivity index (χ2v) is 8.30. The van der Waals surface area contributed by atoms with Crippen LogP contribution in [-0.4, -0.2) is 15.6 Å². The van der Waals surface area contributed by atoms with E-state index in [0.29, 0.717) is 5.69 Å². The SMILES string of the molecule is O=C(c1ccnn1-c1ccccc1)C1C=c2c(ccc3c2=CCc2ccccc2-3)CC1. The van der Waals surface area contributed by atoms with Crippen molar-refractivity contribution < 1.29 is 4.79 Å². The first-order valence-corrected chi connectivity index (χ1v) is 10.9. The lowest BCUT2D eigenvalue weighted by atomic mass is 9.83. The van der Waals surface area contributed by atoms with E-state index >= 15 is 0 Å². The van der Waals surface area contributed by atoms with Crippen molar-refractivity contribution in [3.63, 3.8) is 0 Å². The molecule has 0 N–H and O–H groups in total. The van der Waals surface area contributed by atoms with Gasteiger partial charge in [0.15, 0.2) is 5.78 Å². The predicted molar refractivity (Wildman–Crippen MR) is 123 cm³/mol. The maximum absolute atomic E-state index is 13.5. The van der Waals surface area contributed by atoms with Crippen molar-refractivity contribution >= 4 is 17.9 Å². The van der Waals surface area contributed by atoms with Gasteiger partial charge in [0.25, 0.3) is 0 Å². The molecule has 3 aromatic carbocycles. The lowest BCUT2D eigenvalue weighted by Gasteiger charge is -2.21. The van der Waals surface area contributed by atoms with Crippen molar-refractivity contribution in [2.75, 3.05) is 0 Å². The number of hydrogen-bond acceptors (Lipinski definition) is 2. The molecule has 2 aliphatic rings. The summed E-state index contributed by atoms with van der Waals surface area (Å²) in [5.41, 5.74) is 6.86. The molecule has 6 rings (SSSR count). The first kappa shape index (κ1) is 18.1. The van der Waals surface area contributed by atoms with Crippen LogP contribution in [0, 0.1) is 5.92 Å². The van der Waals surface area contributed by atoms with Crippen molar-refractivity contribution in [2.45, 2.75) is 19.3 Å². The van der Waals surface area contributed by atoms with E-state index in [1.54, 1.807) is 10.9 Å². The molecule has 1 unspecified atom stereocenters. The van der Waals surface area contributed by atoms with E-state index in [4.69, 9.17) is 0 Å². The first-order valence-electron chi connectivity index (χ1n) is 10.9. The highest BCUT2D eigenvalue weighted by Crippen LogP contribution is 2.26. The molecule has 150 valence electrons. The summed E-state index contributed by atoms with van der Waals surface area (Å²) in [6.45, 7) is 0. The van der Waals surface area contributed by atoms with Gasteiger partial charge in [-0.1, -0.05) is 66.7 Å². The second kappa shape index (κ2) is 7.21. The molecule has 0 bridgehead atoms. The molecular formula is C28H22N2O. The van der Waals surface area contributed by atoms with Gasteiger partial charge in [-0.15, -0.1) is 0 Å². The van der Waals surface area contributed by atoms with Gasteiger partial charge in [0.05, 0.1) is 11.9 Å². The quantitative estimate of drug-likeness (QED) is 0.484. The number of Topliss-reactive ketones (excluding diaryl/α,β-unsaturated/α-hetero) is 1. The van der Waals surface area contributed by atoms with Gasteiger partial charge in [-0.2, -0.15) is 5.10 Å². The number of carbonyl (C=O) groups is 1. The highest BCUT2D eigenvalue weighted by molar-refractivity contribution is 6.00. The van der Waals surface area contributed by atoms with Crippen molar-refractivity contribution in [3.05, 3.63) is 106 Å². The summed E-state index contributed by atoms with van der Waals surface area (Å²) in [6.07, 6.45) is 8.93. The lowest BCUT2D eigenvalue weighted by Crippen LogP contribution is -2.37. The van der Waals surface area contributed by atoms with Gasteiger partial charge in [-0.3, -0.25) is 4.79 Å². The fourth-order valence-electron chi connectivity index (χ4n) is 4.98. The third kappa shape index (κ3) is 2.97. The molecule has 3 heteroatoms. The summed E-state index contributed by atoms with van der Waals surface area (Å²) in [7, 11) is 0. The summed E-state index contributed by atoms with van der Waals surface area (Å²) < 4.78 is 1.76. The number of carbonyl (C=O) groups excluding carboxylic acids is 1. The first-order chi connectivity index (χ1) is 15.3. The zero-order valence-electron chi connectivity index (χ0n) is 17.2. The molecule has 0 aliphatic heterocycles. The fourth-order valence-corrected chi connectivity index (χ4v) is 4.98. The summed E-state index contributed by atoms with van der Waals surface area (Å²) in [5, 5.41) is 6.94. The standard InChI is InChI=1S/C28H22N2O/c31-28(27-16-17-29-30(27)22-7-2-1-3-8-22)21-11-10-20-13-14-24-23-9-5-4-6-19(23)12-15-25(24)26(20)18-21/h1-9,13-18,21H,10-12H2. The minimum Gasteiger partial charge on any atom is -0.292 e. The second-order valence-electron chi connectivity index (χ2n) is 8.30. The largest absolute Gasteiger partial charge is 0.292 e. The van der Waals surface area contributed by atoms with E-state index < -0.39 is 0 Å². The molecule has 0 saturated heterocycles. The minimum absolute atomic E-state index is 0.135. The van der Waals surface area contributed by atoms with Crippen LogP contribution in [0.25, 0.3) is 29.0 Å². The van der Waals surface area contributed by atoms with E-state index in [1.807, 2.05) is 36.4 Å². The van der Waals surface area contributed by atoms with Gasteiger partial charge in [0.2, 0.25) is 0 Å². The van der Waals surface area contributed by atoms with Crippen molar-refractivity contribution in [1.29, 1.82) is 0 Å². The van der Waals surface area contributed by atoms with Crippen molar-refractivity contribution in [1.82, 2.24) is 9.78 Å². The number of para-hydroxylation sites is 1. The number of ketones is 1.